The first-order valence-corrected chi connectivity index (χ1v) is 10.6. The fourth-order valence-corrected chi connectivity index (χ4v) is 4.90. The predicted molar refractivity (Wildman–Crippen MR) is 117 cm³/mol. The lowest BCUT2D eigenvalue weighted by molar-refractivity contribution is -0.136. The first kappa shape index (κ1) is 18.3. The van der Waals surface area contributed by atoms with Crippen molar-refractivity contribution in [1.29, 1.82) is 0 Å². The largest absolute Gasteiger partial charge is 0.481 e. The van der Waals surface area contributed by atoms with E-state index < -0.39 is 5.97 Å². The quantitative estimate of drug-likeness (QED) is 0.368. The number of carboxylic acids is 1. The molecule has 3 aromatic rings. The van der Waals surface area contributed by atoms with Crippen LogP contribution in [0, 0.1) is 0 Å². The van der Waals surface area contributed by atoms with Crippen LogP contribution in [0.15, 0.2) is 60.7 Å². The number of aryl methyl sites for hydroxylation is 1. The first-order valence-electron chi connectivity index (χ1n) is 9.38. The van der Waals surface area contributed by atoms with Gasteiger partial charge in [0, 0.05) is 21.7 Å². The molecule has 1 heterocycles. The Morgan fingerprint density at radius 1 is 1.11 bits per heavy atom. The number of aliphatic carboxylic acids is 1. The molecule has 1 aliphatic carbocycles. The minimum absolute atomic E-state index is 0.161. The average Bonchev–Trinajstić information content (AvgIpc) is 3.08. The normalized spacial score (nSPS) is 16.1. The lowest BCUT2D eigenvalue weighted by Crippen LogP contribution is -2.09. The number of carbonyl (C=O) groups is 1. The van der Waals surface area contributed by atoms with E-state index in [1.807, 2.05) is 18.2 Å². The van der Waals surface area contributed by atoms with Crippen LogP contribution in [-0.4, -0.2) is 15.6 Å². The summed E-state index contributed by atoms with van der Waals surface area (Å²) in [5, 5.41) is 9.00. The first-order chi connectivity index (χ1) is 13.1. The van der Waals surface area contributed by atoms with Crippen molar-refractivity contribution >= 4 is 28.6 Å². The van der Waals surface area contributed by atoms with E-state index in [0.717, 1.165) is 17.7 Å². The van der Waals surface area contributed by atoms with E-state index in [2.05, 4.69) is 69.6 Å². The van der Waals surface area contributed by atoms with E-state index in [1.54, 1.807) is 0 Å². The third-order valence-corrected chi connectivity index (χ3v) is 6.50. The number of hydrogen-bond donors (Lipinski definition) is 1. The number of fused-ring (bicyclic) bond motifs is 1. The molecule has 2 aromatic carbocycles. The highest BCUT2D eigenvalue weighted by Gasteiger charge is 2.25. The second kappa shape index (κ2) is 7.89. The van der Waals surface area contributed by atoms with E-state index in [0.29, 0.717) is 10.3 Å². The number of halogens is 1. The number of benzene rings is 2. The number of nitrogens with zero attached hydrogens (tertiary/aromatic N) is 1. The lowest BCUT2D eigenvalue weighted by Gasteiger charge is -2.21. The molecule has 1 atom stereocenters. The monoisotopic (exact) mass is 471 g/mol. The van der Waals surface area contributed by atoms with Crippen molar-refractivity contribution in [3.8, 4) is 16.9 Å². The molecule has 0 aliphatic heterocycles. The summed E-state index contributed by atoms with van der Waals surface area (Å²) in [6, 6.07) is 21.2. The Labute approximate surface area is 173 Å². The summed E-state index contributed by atoms with van der Waals surface area (Å²) in [7, 11) is 0. The molecule has 4 heteroatoms. The molecule has 138 valence electrons. The standard InChI is InChI=1S/C23H22INO2/c24-20-10-5-11-21-19(20)15-22(17-7-2-1-3-8-17)25(21)18-9-4-6-16(14-18)12-13-23(26)27/h1-4,6-9,14-15,20H,5,10-13H2,(H,26,27). The predicted octanol–water partition coefficient (Wildman–Crippen LogP) is 5.97. The Morgan fingerprint density at radius 2 is 1.93 bits per heavy atom. The van der Waals surface area contributed by atoms with Gasteiger partial charge in [-0.3, -0.25) is 4.79 Å². The van der Waals surface area contributed by atoms with Crippen LogP contribution in [0.1, 0.15) is 40.0 Å². The van der Waals surface area contributed by atoms with Gasteiger partial charge < -0.3 is 9.67 Å². The smallest absolute Gasteiger partial charge is 0.303 e. The molecule has 0 bridgehead atoms. The van der Waals surface area contributed by atoms with E-state index in [4.69, 9.17) is 5.11 Å². The van der Waals surface area contributed by atoms with Crippen LogP contribution in [0.5, 0.6) is 0 Å². The fourth-order valence-electron chi connectivity index (χ4n) is 3.92. The van der Waals surface area contributed by atoms with Crippen LogP contribution >= 0.6 is 22.6 Å². The highest BCUT2D eigenvalue weighted by Crippen LogP contribution is 2.42. The summed E-state index contributed by atoms with van der Waals surface area (Å²) >= 11 is 2.57. The summed E-state index contributed by atoms with van der Waals surface area (Å²) in [5.41, 5.74) is 7.47. The molecule has 1 N–H and O–H groups in total. The van der Waals surface area contributed by atoms with Crippen molar-refractivity contribution < 1.29 is 9.90 Å². The maximum absolute atomic E-state index is 10.9. The molecule has 0 saturated carbocycles. The van der Waals surface area contributed by atoms with Crippen molar-refractivity contribution in [3.63, 3.8) is 0 Å². The fraction of sp³-hybridized carbons (Fsp3) is 0.261. The van der Waals surface area contributed by atoms with Gasteiger partial charge in [-0.05, 0) is 60.6 Å². The van der Waals surface area contributed by atoms with Crippen molar-refractivity contribution in [2.45, 2.75) is 36.0 Å². The molecular formula is C23H22INO2. The molecule has 0 fully saturated rings. The van der Waals surface area contributed by atoms with Crippen LogP contribution < -0.4 is 0 Å². The summed E-state index contributed by atoms with van der Waals surface area (Å²) in [5.74, 6) is -0.753. The number of rotatable bonds is 5. The molecule has 0 saturated heterocycles. The molecule has 3 nitrogen and oxygen atoms in total. The third-order valence-electron chi connectivity index (χ3n) is 5.21. The molecule has 1 aromatic heterocycles. The van der Waals surface area contributed by atoms with Crippen LogP contribution in [0.3, 0.4) is 0 Å². The van der Waals surface area contributed by atoms with Gasteiger partial charge in [0.15, 0.2) is 0 Å². The van der Waals surface area contributed by atoms with Gasteiger partial charge in [-0.1, -0.05) is 65.1 Å². The van der Waals surface area contributed by atoms with Crippen molar-refractivity contribution in [3.05, 3.63) is 77.5 Å². The Balaban J connectivity index is 1.84. The summed E-state index contributed by atoms with van der Waals surface area (Å²) in [4.78, 5) is 10.9. The van der Waals surface area contributed by atoms with Crippen LogP contribution in [0.4, 0.5) is 0 Å². The topological polar surface area (TPSA) is 42.2 Å². The van der Waals surface area contributed by atoms with Crippen molar-refractivity contribution in [2.24, 2.45) is 0 Å². The molecule has 1 aliphatic rings. The second-order valence-corrected chi connectivity index (χ2v) is 8.56. The maximum atomic E-state index is 10.9. The van der Waals surface area contributed by atoms with Crippen molar-refractivity contribution in [1.82, 2.24) is 4.57 Å². The Morgan fingerprint density at radius 3 is 2.70 bits per heavy atom. The van der Waals surface area contributed by atoms with Gasteiger partial charge in [0.1, 0.15) is 0 Å². The van der Waals surface area contributed by atoms with Gasteiger partial charge in [0.05, 0.1) is 5.69 Å². The Kier molecular flexibility index (Phi) is 5.34. The maximum Gasteiger partial charge on any atom is 0.303 e. The van der Waals surface area contributed by atoms with Crippen molar-refractivity contribution in [2.75, 3.05) is 0 Å². The minimum atomic E-state index is -0.753. The summed E-state index contributed by atoms with van der Waals surface area (Å²) in [6.07, 6.45) is 4.24. The van der Waals surface area contributed by atoms with Gasteiger partial charge in [0.25, 0.3) is 0 Å². The van der Waals surface area contributed by atoms with E-state index in [-0.39, 0.29) is 6.42 Å². The van der Waals surface area contributed by atoms with Gasteiger partial charge in [-0.25, -0.2) is 0 Å². The Bertz CT molecular complexity index is 962. The van der Waals surface area contributed by atoms with E-state index in [9.17, 15) is 4.79 Å². The highest BCUT2D eigenvalue weighted by molar-refractivity contribution is 14.1. The van der Waals surface area contributed by atoms with Crippen LogP contribution in [-0.2, 0) is 17.6 Å². The number of alkyl halides is 1. The second-order valence-electron chi connectivity index (χ2n) is 7.06. The summed E-state index contributed by atoms with van der Waals surface area (Å²) in [6.45, 7) is 0. The molecule has 0 spiro atoms. The molecule has 1 unspecified atom stereocenters. The molecule has 0 amide bonds. The average molecular weight is 471 g/mol. The SMILES string of the molecule is O=C(O)CCc1cccc(-n2c(-c3ccccc3)cc3c2CCCC3I)c1. The molecular weight excluding hydrogens is 449 g/mol. The number of carboxylic acid groups (broad SMARTS) is 1. The minimum Gasteiger partial charge on any atom is -0.481 e. The number of aromatic nitrogens is 1. The lowest BCUT2D eigenvalue weighted by atomic mass is 9.97. The molecule has 27 heavy (non-hydrogen) atoms. The zero-order chi connectivity index (χ0) is 18.8. The molecule has 0 radical (unpaired) electrons. The Hall–Kier alpha value is -2.08. The number of hydrogen-bond acceptors (Lipinski definition) is 1. The van der Waals surface area contributed by atoms with Gasteiger partial charge in [0.2, 0.25) is 0 Å². The zero-order valence-corrected chi connectivity index (χ0v) is 17.2. The zero-order valence-electron chi connectivity index (χ0n) is 15.1. The third kappa shape index (κ3) is 3.81. The van der Waals surface area contributed by atoms with Crippen LogP contribution in [0.25, 0.3) is 16.9 Å². The highest BCUT2D eigenvalue weighted by atomic mass is 127. The van der Waals surface area contributed by atoms with Crippen LogP contribution in [0.2, 0.25) is 0 Å². The van der Waals surface area contributed by atoms with E-state index in [1.165, 1.54) is 35.4 Å². The molecule has 4 rings (SSSR count). The van der Waals surface area contributed by atoms with E-state index >= 15 is 0 Å². The van der Waals surface area contributed by atoms with Gasteiger partial charge in [-0.15, -0.1) is 0 Å². The van der Waals surface area contributed by atoms with Gasteiger partial charge >= 0.3 is 5.97 Å². The summed E-state index contributed by atoms with van der Waals surface area (Å²) < 4.78 is 2.94. The van der Waals surface area contributed by atoms with Gasteiger partial charge in [-0.2, -0.15) is 0 Å².